The summed E-state index contributed by atoms with van der Waals surface area (Å²) in [6.45, 7) is 0.729. The van der Waals surface area contributed by atoms with E-state index in [1.807, 2.05) is 12.1 Å². The number of nitrogens with two attached hydrogens (primary N) is 1. The Balaban J connectivity index is 2.03. The summed E-state index contributed by atoms with van der Waals surface area (Å²) in [4.78, 5) is 11.6. The van der Waals surface area contributed by atoms with E-state index in [2.05, 4.69) is 20.8 Å². The molecule has 2 rings (SSSR count). The highest BCUT2D eigenvalue weighted by Gasteiger charge is 2.08. The van der Waals surface area contributed by atoms with E-state index in [1.54, 1.807) is 23.9 Å². The van der Waals surface area contributed by atoms with Crippen molar-refractivity contribution in [3.05, 3.63) is 24.3 Å². The van der Waals surface area contributed by atoms with Crippen LogP contribution in [0.2, 0.25) is 0 Å². The van der Waals surface area contributed by atoms with Gasteiger partial charge in [0.05, 0.1) is 6.61 Å². The molecule has 0 radical (unpaired) electrons. The summed E-state index contributed by atoms with van der Waals surface area (Å²) in [7, 11) is 1.75. The van der Waals surface area contributed by atoms with Crippen LogP contribution in [-0.2, 0) is 16.6 Å². The van der Waals surface area contributed by atoms with E-state index in [0.29, 0.717) is 24.7 Å². The van der Waals surface area contributed by atoms with Crippen LogP contribution in [0.15, 0.2) is 24.3 Å². The van der Waals surface area contributed by atoms with Crippen LogP contribution in [-0.4, -0.2) is 45.9 Å². The van der Waals surface area contributed by atoms with Crippen molar-refractivity contribution in [3.8, 4) is 11.4 Å². The van der Waals surface area contributed by atoms with Gasteiger partial charge in [-0.3, -0.25) is 4.79 Å². The van der Waals surface area contributed by atoms with Crippen molar-refractivity contribution < 1.29 is 9.53 Å². The number of rotatable bonds is 6. The summed E-state index contributed by atoms with van der Waals surface area (Å²) in [5, 5.41) is 14.0. The number of benzene rings is 1. The van der Waals surface area contributed by atoms with Gasteiger partial charge in [0.25, 0.3) is 0 Å². The number of nitrogens with zero attached hydrogens (tertiary/aromatic N) is 4. The molecular weight excluding hydrogens is 260 g/mol. The third-order valence-corrected chi connectivity index (χ3v) is 2.52. The Kier molecular flexibility index (Phi) is 4.75. The molecule has 0 atom stereocenters. The van der Waals surface area contributed by atoms with Gasteiger partial charge in [-0.1, -0.05) is 12.1 Å². The van der Waals surface area contributed by atoms with E-state index < -0.39 is 0 Å². The highest BCUT2D eigenvalue weighted by atomic mass is 16.5. The van der Waals surface area contributed by atoms with Gasteiger partial charge in [-0.15, -0.1) is 5.10 Å². The lowest BCUT2D eigenvalue weighted by atomic mass is 10.2. The summed E-state index contributed by atoms with van der Waals surface area (Å²) in [6.07, 6.45) is 0. The van der Waals surface area contributed by atoms with E-state index in [4.69, 9.17) is 10.5 Å². The number of nitrogens with one attached hydrogen (secondary N) is 1. The van der Waals surface area contributed by atoms with Gasteiger partial charge >= 0.3 is 0 Å². The Bertz CT molecular complexity index is 583. The van der Waals surface area contributed by atoms with Gasteiger partial charge in [0, 0.05) is 24.8 Å². The van der Waals surface area contributed by atoms with E-state index in [1.165, 1.54) is 0 Å². The van der Waals surface area contributed by atoms with Gasteiger partial charge < -0.3 is 15.8 Å². The highest BCUT2D eigenvalue weighted by Crippen LogP contribution is 2.19. The van der Waals surface area contributed by atoms with Crippen molar-refractivity contribution in [1.82, 2.24) is 20.2 Å². The van der Waals surface area contributed by atoms with E-state index in [-0.39, 0.29) is 12.5 Å². The third kappa shape index (κ3) is 3.59. The molecule has 0 aliphatic heterocycles. The fourth-order valence-electron chi connectivity index (χ4n) is 1.66. The van der Waals surface area contributed by atoms with Crippen molar-refractivity contribution in [1.29, 1.82) is 0 Å². The average Bonchev–Trinajstić information content (AvgIpc) is 2.85. The van der Waals surface area contributed by atoms with Crippen LogP contribution in [0.1, 0.15) is 0 Å². The minimum absolute atomic E-state index is 0.0209. The molecule has 0 bridgehead atoms. The number of carbonyl (C=O) groups excluding carboxylic acids is 1. The quantitative estimate of drug-likeness (QED) is 0.707. The molecule has 0 saturated carbocycles. The Morgan fingerprint density at radius 1 is 1.50 bits per heavy atom. The fourth-order valence-corrected chi connectivity index (χ4v) is 1.66. The number of amides is 1. The molecule has 8 nitrogen and oxygen atoms in total. The van der Waals surface area contributed by atoms with Crippen molar-refractivity contribution >= 4 is 11.6 Å². The molecule has 0 fully saturated rings. The van der Waals surface area contributed by atoms with Crippen molar-refractivity contribution in [3.63, 3.8) is 0 Å². The van der Waals surface area contributed by atoms with Crippen LogP contribution in [0.4, 0.5) is 5.69 Å². The van der Waals surface area contributed by atoms with Crippen molar-refractivity contribution in [2.45, 2.75) is 0 Å². The number of aryl methyl sites for hydroxylation is 1. The number of tetrazole rings is 1. The molecule has 1 amide bonds. The smallest absolute Gasteiger partial charge is 0.250 e. The lowest BCUT2D eigenvalue weighted by molar-refractivity contribution is -0.120. The van der Waals surface area contributed by atoms with E-state index >= 15 is 0 Å². The number of hydrogen-bond donors (Lipinski definition) is 2. The number of hydrogen-bond acceptors (Lipinski definition) is 6. The van der Waals surface area contributed by atoms with Crippen LogP contribution in [0, 0.1) is 0 Å². The van der Waals surface area contributed by atoms with Gasteiger partial charge in [0.2, 0.25) is 5.91 Å². The minimum atomic E-state index is -0.230. The zero-order valence-electron chi connectivity index (χ0n) is 11.1. The van der Waals surface area contributed by atoms with Gasteiger partial charge in [0.1, 0.15) is 6.61 Å². The predicted octanol–water partition coefficient (Wildman–Crippen LogP) is -0.209. The monoisotopic (exact) mass is 276 g/mol. The molecule has 8 heteroatoms. The van der Waals surface area contributed by atoms with E-state index in [0.717, 1.165) is 5.56 Å². The van der Waals surface area contributed by atoms with Crippen molar-refractivity contribution in [2.24, 2.45) is 12.8 Å². The molecule has 20 heavy (non-hydrogen) atoms. The van der Waals surface area contributed by atoms with Gasteiger partial charge in [-0.2, -0.15) is 0 Å². The zero-order valence-corrected chi connectivity index (χ0v) is 11.1. The molecule has 1 aromatic heterocycles. The first kappa shape index (κ1) is 14.1. The minimum Gasteiger partial charge on any atom is -0.370 e. The van der Waals surface area contributed by atoms with Gasteiger partial charge in [-0.05, 0) is 22.6 Å². The Morgan fingerprint density at radius 3 is 3.05 bits per heavy atom. The Morgan fingerprint density at radius 2 is 2.35 bits per heavy atom. The Labute approximate surface area is 115 Å². The second kappa shape index (κ2) is 6.73. The summed E-state index contributed by atoms with van der Waals surface area (Å²) in [6, 6.07) is 7.27. The second-order valence-electron chi connectivity index (χ2n) is 4.10. The summed E-state index contributed by atoms with van der Waals surface area (Å²) in [5.41, 5.74) is 6.75. The zero-order chi connectivity index (χ0) is 14.4. The molecule has 0 saturated heterocycles. The van der Waals surface area contributed by atoms with E-state index in [9.17, 15) is 4.79 Å². The summed E-state index contributed by atoms with van der Waals surface area (Å²) in [5.74, 6) is 0.396. The van der Waals surface area contributed by atoms with Crippen LogP contribution >= 0.6 is 0 Å². The molecule has 0 aliphatic carbocycles. The molecular formula is C12H16N6O2. The standard InChI is InChI=1S/C12H16N6O2/c1-18-12(15-16-17-18)9-3-2-4-10(7-9)14-11(19)8-20-6-5-13/h2-4,7H,5-6,8,13H2,1H3,(H,14,19). The average molecular weight is 276 g/mol. The lowest BCUT2D eigenvalue weighted by Gasteiger charge is -2.07. The molecule has 1 aromatic carbocycles. The van der Waals surface area contributed by atoms with Crippen LogP contribution < -0.4 is 11.1 Å². The maximum absolute atomic E-state index is 11.6. The number of ether oxygens (including phenoxy) is 1. The van der Waals surface area contributed by atoms with Crippen molar-refractivity contribution in [2.75, 3.05) is 25.1 Å². The molecule has 0 unspecified atom stereocenters. The molecule has 3 N–H and O–H groups in total. The lowest BCUT2D eigenvalue weighted by Crippen LogP contribution is -2.20. The predicted molar refractivity (Wildman–Crippen MR) is 72.7 cm³/mol. The second-order valence-corrected chi connectivity index (χ2v) is 4.10. The maximum atomic E-state index is 11.6. The highest BCUT2D eigenvalue weighted by molar-refractivity contribution is 5.92. The molecule has 1 heterocycles. The van der Waals surface area contributed by atoms with Crippen LogP contribution in [0.3, 0.4) is 0 Å². The third-order valence-electron chi connectivity index (χ3n) is 2.52. The largest absolute Gasteiger partial charge is 0.370 e. The first-order valence-electron chi connectivity index (χ1n) is 6.11. The topological polar surface area (TPSA) is 108 Å². The summed E-state index contributed by atoms with van der Waals surface area (Å²) < 4.78 is 6.63. The molecule has 106 valence electrons. The number of carbonyl (C=O) groups is 1. The maximum Gasteiger partial charge on any atom is 0.250 e. The fraction of sp³-hybridized carbons (Fsp3) is 0.333. The summed E-state index contributed by atoms with van der Waals surface area (Å²) >= 11 is 0. The van der Waals surface area contributed by atoms with Crippen LogP contribution in [0.25, 0.3) is 11.4 Å². The molecule has 0 spiro atoms. The number of aromatic nitrogens is 4. The first-order valence-corrected chi connectivity index (χ1v) is 6.11. The molecule has 0 aliphatic rings. The van der Waals surface area contributed by atoms with Gasteiger partial charge in [-0.25, -0.2) is 4.68 Å². The molecule has 2 aromatic rings. The normalized spacial score (nSPS) is 10.5. The van der Waals surface area contributed by atoms with Gasteiger partial charge in [0.15, 0.2) is 5.82 Å². The first-order chi connectivity index (χ1) is 9.70. The number of anilines is 1. The van der Waals surface area contributed by atoms with Crippen LogP contribution in [0.5, 0.6) is 0 Å². The SMILES string of the molecule is Cn1nnnc1-c1cccc(NC(=O)COCCN)c1. The Hall–Kier alpha value is -2.32.